The topological polar surface area (TPSA) is 119 Å². The number of piperazine rings is 1. The van der Waals surface area contributed by atoms with E-state index in [1.165, 1.54) is 0 Å². The largest absolute Gasteiger partial charge is 0.384 e. The SMILES string of the molecule is Cc1cccc(N=N/N=C(\N)[C@H]2CC[C@H]3CN(c4nccnc4C#N)CCN32)c1. The summed E-state index contributed by atoms with van der Waals surface area (Å²) in [6.07, 6.45) is 5.12. The summed E-state index contributed by atoms with van der Waals surface area (Å²) >= 11 is 0. The van der Waals surface area contributed by atoms with Gasteiger partial charge in [-0.1, -0.05) is 12.1 Å². The van der Waals surface area contributed by atoms with Crippen molar-refractivity contribution in [1.29, 1.82) is 5.26 Å². The molecule has 2 aromatic rings. The molecule has 148 valence electrons. The lowest BCUT2D eigenvalue weighted by Crippen LogP contribution is -2.55. The molecule has 2 atom stereocenters. The molecular weight excluding hydrogens is 366 g/mol. The highest BCUT2D eigenvalue weighted by molar-refractivity contribution is 5.86. The van der Waals surface area contributed by atoms with Crippen LogP contribution in [0.4, 0.5) is 11.5 Å². The van der Waals surface area contributed by atoms with Crippen LogP contribution in [0.25, 0.3) is 0 Å². The lowest BCUT2D eigenvalue weighted by atomic mass is 10.1. The van der Waals surface area contributed by atoms with Gasteiger partial charge in [0.15, 0.2) is 11.5 Å². The second-order valence-electron chi connectivity index (χ2n) is 7.32. The third-order valence-electron chi connectivity index (χ3n) is 5.45. The Morgan fingerprint density at radius 3 is 2.93 bits per heavy atom. The number of anilines is 1. The van der Waals surface area contributed by atoms with Gasteiger partial charge in [0.25, 0.3) is 0 Å². The van der Waals surface area contributed by atoms with E-state index in [0.717, 1.165) is 43.7 Å². The Hall–Kier alpha value is -3.38. The molecule has 1 aromatic heterocycles. The molecule has 9 nitrogen and oxygen atoms in total. The van der Waals surface area contributed by atoms with Crippen molar-refractivity contribution in [3.05, 3.63) is 47.9 Å². The number of nitrogens with zero attached hydrogens (tertiary/aromatic N) is 8. The highest BCUT2D eigenvalue weighted by atomic mass is 15.4. The number of aromatic nitrogens is 2. The molecule has 4 rings (SSSR count). The molecular formula is C20H23N9. The predicted molar refractivity (Wildman–Crippen MR) is 110 cm³/mol. The Labute approximate surface area is 169 Å². The quantitative estimate of drug-likeness (QED) is 0.371. The Morgan fingerprint density at radius 2 is 2.10 bits per heavy atom. The van der Waals surface area contributed by atoms with Crippen LogP contribution in [-0.2, 0) is 0 Å². The van der Waals surface area contributed by atoms with Crippen molar-refractivity contribution in [3.63, 3.8) is 0 Å². The minimum absolute atomic E-state index is 0.0657. The van der Waals surface area contributed by atoms with Gasteiger partial charge in [-0.15, -0.1) is 10.2 Å². The summed E-state index contributed by atoms with van der Waals surface area (Å²) in [4.78, 5) is 13.0. The summed E-state index contributed by atoms with van der Waals surface area (Å²) in [5.74, 6) is 1.15. The average molecular weight is 389 g/mol. The van der Waals surface area contributed by atoms with Gasteiger partial charge in [-0.25, -0.2) is 9.97 Å². The van der Waals surface area contributed by atoms with Crippen LogP contribution in [-0.4, -0.2) is 52.4 Å². The Morgan fingerprint density at radius 1 is 1.24 bits per heavy atom. The third-order valence-corrected chi connectivity index (χ3v) is 5.45. The van der Waals surface area contributed by atoms with Crippen molar-refractivity contribution in [1.82, 2.24) is 14.9 Å². The normalized spacial score (nSPS) is 22.6. The molecule has 0 aliphatic carbocycles. The standard InChI is InChI=1S/C20H23N9/c1-14-3-2-4-15(11-14)25-27-26-19(22)18-6-5-16-13-28(9-10-29(16)18)20-17(12-21)23-7-8-24-20/h2-4,7-8,11,16,18H,5-6,9-10,13H2,1H3,(H2,22,25,26)/t16-,18+/m0/s1. The van der Waals surface area contributed by atoms with Crippen molar-refractivity contribution in [3.8, 4) is 6.07 Å². The van der Waals surface area contributed by atoms with Crippen molar-refractivity contribution in [2.75, 3.05) is 24.5 Å². The molecule has 2 N–H and O–H groups in total. The van der Waals surface area contributed by atoms with Crippen molar-refractivity contribution in [2.24, 2.45) is 21.2 Å². The first kappa shape index (κ1) is 19.0. The Kier molecular flexibility index (Phi) is 5.44. The van der Waals surface area contributed by atoms with Gasteiger partial charge in [-0.05, 0) is 42.7 Å². The maximum atomic E-state index is 9.29. The van der Waals surface area contributed by atoms with E-state index in [2.05, 4.69) is 41.3 Å². The molecule has 3 heterocycles. The van der Waals surface area contributed by atoms with Gasteiger partial charge in [-0.2, -0.15) is 5.26 Å². The summed E-state index contributed by atoms with van der Waals surface area (Å²) in [5, 5.41) is 21.5. The maximum Gasteiger partial charge on any atom is 0.183 e. The van der Waals surface area contributed by atoms with Crippen LogP contribution >= 0.6 is 0 Å². The lowest BCUT2D eigenvalue weighted by molar-refractivity contribution is 0.206. The zero-order chi connectivity index (χ0) is 20.2. The van der Waals surface area contributed by atoms with Gasteiger partial charge in [0, 0.05) is 38.1 Å². The van der Waals surface area contributed by atoms with E-state index in [9.17, 15) is 5.26 Å². The van der Waals surface area contributed by atoms with Crippen molar-refractivity contribution >= 4 is 17.3 Å². The van der Waals surface area contributed by atoms with Gasteiger partial charge in [-0.3, -0.25) is 4.90 Å². The fourth-order valence-electron chi connectivity index (χ4n) is 4.09. The van der Waals surface area contributed by atoms with Gasteiger partial charge in [0.1, 0.15) is 11.9 Å². The number of fused-ring (bicyclic) bond motifs is 1. The maximum absolute atomic E-state index is 9.29. The van der Waals surface area contributed by atoms with Crippen molar-refractivity contribution < 1.29 is 0 Å². The van der Waals surface area contributed by atoms with Crippen LogP contribution in [0.2, 0.25) is 0 Å². The minimum atomic E-state index is 0.0657. The van der Waals surface area contributed by atoms with Crippen LogP contribution in [0.5, 0.6) is 0 Å². The van der Waals surface area contributed by atoms with E-state index >= 15 is 0 Å². The first-order valence-corrected chi connectivity index (χ1v) is 9.68. The fourth-order valence-corrected chi connectivity index (χ4v) is 4.09. The van der Waals surface area contributed by atoms with Gasteiger partial charge >= 0.3 is 0 Å². The molecule has 9 heteroatoms. The Balaban J connectivity index is 1.42. The number of amidine groups is 1. The molecule has 2 fully saturated rings. The highest BCUT2D eigenvalue weighted by Gasteiger charge is 2.39. The summed E-state index contributed by atoms with van der Waals surface area (Å²) in [5.41, 5.74) is 8.50. The molecule has 0 amide bonds. The smallest absolute Gasteiger partial charge is 0.183 e. The summed E-state index contributed by atoms with van der Waals surface area (Å²) in [7, 11) is 0. The van der Waals surface area contributed by atoms with Crippen LogP contribution < -0.4 is 10.6 Å². The molecule has 2 saturated heterocycles. The number of hydrogen-bond acceptors (Lipinski definition) is 7. The minimum Gasteiger partial charge on any atom is -0.384 e. The van der Waals surface area contributed by atoms with Crippen LogP contribution in [0.3, 0.4) is 0 Å². The molecule has 0 spiro atoms. The molecule has 2 aliphatic rings. The fraction of sp³-hybridized carbons (Fsp3) is 0.400. The van der Waals surface area contributed by atoms with E-state index in [0.29, 0.717) is 23.4 Å². The van der Waals surface area contributed by atoms with Crippen LogP contribution in [0, 0.1) is 18.3 Å². The van der Waals surface area contributed by atoms with E-state index in [4.69, 9.17) is 5.73 Å². The number of hydrogen-bond donors (Lipinski definition) is 1. The van der Waals surface area contributed by atoms with Crippen LogP contribution in [0.1, 0.15) is 24.1 Å². The molecule has 0 unspecified atom stereocenters. The Bertz CT molecular complexity index is 978. The van der Waals surface area contributed by atoms with Gasteiger partial charge in [0.05, 0.1) is 11.7 Å². The van der Waals surface area contributed by atoms with Gasteiger partial charge < -0.3 is 10.6 Å². The van der Waals surface area contributed by atoms with Gasteiger partial charge in [0.2, 0.25) is 0 Å². The lowest BCUT2D eigenvalue weighted by Gasteiger charge is -2.40. The highest BCUT2D eigenvalue weighted by Crippen LogP contribution is 2.30. The third kappa shape index (κ3) is 4.07. The zero-order valence-corrected chi connectivity index (χ0v) is 16.3. The molecule has 0 saturated carbocycles. The number of nitriles is 1. The second kappa shape index (κ2) is 8.32. The number of aryl methyl sites for hydroxylation is 1. The zero-order valence-electron chi connectivity index (χ0n) is 16.3. The molecule has 0 radical (unpaired) electrons. The average Bonchev–Trinajstić information content (AvgIpc) is 3.17. The molecule has 29 heavy (non-hydrogen) atoms. The number of nitrogens with two attached hydrogens (primary N) is 1. The first-order valence-electron chi connectivity index (χ1n) is 9.68. The monoisotopic (exact) mass is 389 g/mol. The molecule has 2 aliphatic heterocycles. The predicted octanol–water partition coefficient (Wildman–Crippen LogP) is 2.37. The molecule has 0 bridgehead atoms. The van der Waals surface area contributed by atoms with Crippen molar-refractivity contribution in [2.45, 2.75) is 31.8 Å². The second-order valence-corrected chi connectivity index (χ2v) is 7.32. The molecule has 1 aromatic carbocycles. The summed E-state index contributed by atoms with van der Waals surface area (Å²) < 4.78 is 0. The van der Waals surface area contributed by atoms with E-state index < -0.39 is 0 Å². The number of rotatable bonds is 4. The summed E-state index contributed by atoms with van der Waals surface area (Å²) in [6, 6.07) is 10.3. The number of benzene rings is 1. The first-order chi connectivity index (χ1) is 14.2. The van der Waals surface area contributed by atoms with E-state index in [1.54, 1.807) is 12.4 Å². The van der Waals surface area contributed by atoms with E-state index in [1.807, 2.05) is 31.2 Å². The summed E-state index contributed by atoms with van der Waals surface area (Å²) in [6.45, 7) is 4.39. The van der Waals surface area contributed by atoms with Crippen LogP contribution in [0.15, 0.2) is 52.1 Å². The van der Waals surface area contributed by atoms with E-state index in [-0.39, 0.29) is 6.04 Å².